The summed E-state index contributed by atoms with van der Waals surface area (Å²) in [5, 5.41) is 0. The van der Waals surface area contributed by atoms with Gasteiger partial charge in [-0.3, -0.25) is 15.0 Å². The topological polar surface area (TPSA) is 86.3 Å². The first-order chi connectivity index (χ1) is 10.4. The number of nitrogens with one attached hydrogen (secondary N) is 1. The average molecular weight is 301 g/mol. The standard InChI is InChI=1S/C16H19N3O3/c1-10(2)22-12-6-4-11(5-7-12)14-9-8-13(15(20)18-17)16(21)19(14)3/h4-10H,17H2,1-3H3,(H,18,20). The molecule has 0 atom stereocenters. The normalized spacial score (nSPS) is 10.6. The maximum absolute atomic E-state index is 12.2. The molecule has 3 N–H and O–H groups in total. The van der Waals surface area contributed by atoms with Crippen molar-refractivity contribution in [3.8, 4) is 17.0 Å². The van der Waals surface area contributed by atoms with Crippen LogP contribution in [0.1, 0.15) is 24.2 Å². The SMILES string of the molecule is CC(C)Oc1ccc(-c2ccc(C(=O)NN)c(=O)n2C)cc1. The molecule has 0 bridgehead atoms. The number of amides is 1. The Balaban J connectivity index is 2.39. The molecule has 1 heterocycles. The van der Waals surface area contributed by atoms with E-state index >= 15 is 0 Å². The Morgan fingerprint density at radius 2 is 1.82 bits per heavy atom. The Kier molecular flexibility index (Phi) is 4.62. The number of rotatable bonds is 4. The summed E-state index contributed by atoms with van der Waals surface area (Å²) in [6.45, 7) is 3.91. The van der Waals surface area contributed by atoms with E-state index in [0.29, 0.717) is 5.69 Å². The maximum atomic E-state index is 12.2. The summed E-state index contributed by atoms with van der Waals surface area (Å²) in [6.07, 6.45) is 0.101. The number of ether oxygens (including phenoxy) is 1. The fourth-order valence-corrected chi connectivity index (χ4v) is 2.15. The first kappa shape index (κ1) is 15.8. The third-order valence-electron chi connectivity index (χ3n) is 3.20. The van der Waals surface area contributed by atoms with E-state index < -0.39 is 11.5 Å². The van der Waals surface area contributed by atoms with Gasteiger partial charge < -0.3 is 9.30 Å². The van der Waals surface area contributed by atoms with E-state index in [1.165, 1.54) is 10.6 Å². The summed E-state index contributed by atoms with van der Waals surface area (Å²) >= 11 is 0. The summed E-state index contributed by atoms with van der Waals surface area (Å²) < 4.78 is 7.01. The number of aromatic nitrogens is 1. The second-order valence-corrected chi connectivity index (χ2v) is 5.16. The van der Waals surface area contributed by atoms with Gasteiger partial charge in [-0.15, -0.1) is 0 Å². The largest absolute Gasteiger partial charge is 0.491 e. The van der Waals surface area contributed by atoms with E-state index in [-0.39, 0.29) is 11.7 Å². The first-order valence-corrected chi connectivity index (χ1v) is 6.92. The van der Waals surface area contributed by atoms with Gasteiger partial charge in [0.05, 0.1) is 11.8 Å². The molecule has 1 amide bonds. The summed E-state index contributed by atoms with van der Waals surface area (Å²) in [5.41, 5.74) is 3.13. The van der Waals surface area contributed by atoms with E-state index in [2.05, 4.69) is 0 Å². The van der Waals surface area contributed by atoms with Crippen molar-refractivity contribution in [2.75, 3.05) is 0 Å². The molecule has 0 aliphatic rings. The number of hydrazine groups is 1. The van der Waals surface area contributed by atoms with Crippen LogP contribution in [-0.4, -0.2) is 16.6 Å². The Labute approximate surface area is 128 Å². The Morgan fingerprint density at radius 1 is 1.18 bits per heavy atom. The van der Waals surface area contributed by atoms with Gasteiger partial charge in [0, 0.05) is 7.05 Å². The van der Waals surface area contributed by atoms with Crippen molar-refractivity contribution in [2.24, 2.45) is 12.9 Å². The average Bonchev–Trinajstić information content (AvgIpc) is 2.49. The molecule has 6 heteroatoms. The zero-order valence-corrected chi connectivity index (χ0v) is 12.8. The van der Waals surface area contributed by atoms with Gasteiger partial charge in [-0.2, -0.15) is 0 Å². The molecular weight excluding hydrogens is 282 g/mol. The third-order valence-corrected chi connectivity index (χ3v) is 3.20. The predicted molar refractivity (Wildman–Crippen MR) is 84.5 cm³/mol. The van der Waals surface area contributed by atoms with Gasteiger partial charge >= 0.3 is 0 Å². The van der Waals surface area contributed by atoms with E-state index in [0.717, 1.165) is 11.3 Å². The summed E-state index contributed by atoms with van der Waals surface area (Å²) in [5.74, 6) is 5.23. The number of carbonyl (C=O) groups excluding carboxylic acids is 1. The van der Waals surface area contributed by atoms with E-state index in [4.69, 9.17) is 10.6 Å². The number of benzene rings is 1. The van der Waals surface area contributed by atoms with Crippen molar-refractivity contribution in [3.05, 3.63) is 52.3 Å². The summed E-state index contributed by atoms with van der Waals surface area (Å²) in [4.78, 5) is 23.7. The second kappa shape index (κ2) is 6.44. The zero-order chi connectivity index (χ0) is 16.3. The number of nitrogens with two attached hydrogens (primary N) is 1. The first-order valence-electron chi connectivity index (χ1n) is 6.92. The lowest BCUT2D eigenvalue weighted by Crippen LogP contribution is -2.36. The van der Waals surface area contributed by atoms with Crippen molar-refractivity contribution >= 4 is 5.91 Å². The Bertz CT molecular complexity index is 733. The molecule has 0 aliphatic heterocycles. The van der Waals surface area contributed by atoms with Gasteiger partial charge in [-0.1, -0.05) is 0 Å². The maximum Gasteiger partial charge on any atom is 0.270 e. The van der Waals surface area contributed by atoms with Crippen LogP contribution in [0.5, 0.6) is 5.75 Å². The van der Waals surface area contributed by atoms with Crippen LogP contribution in [0.4, 0.5) is 0 Å². The number of carbonyl (C=O) groups is 1. The van der Waals surface area contributed by atoms with Gasteiger partial charge in [-0.25, -0.2) is 5.84 Å². The lowest BCUT2D eigenvalue weighted by molar-refractivity contribution is 0.0951. The molecule has 1 aromatic carbocycles. The summed E-state index contributed by atoms with van der Waals surface area (Å²) in [6, 6.07) is 10.6. The van der Waals surface area contributed by atoms with Crippen LogP contribution in [0.25, 0.3) is 11.3 Å². The van der Waals surface area contributed by atoms with E-state index in [1.54, 1.807) is 13.1 Å². The number of pyridine rings is 1. The Morgan fingerprint density at radius 3 is 2.36 bits per heavy atom. The summed E-state index contributed by atoms with van der Waals surface area (Å²) in [7, 11) is 1.61. The minimum absolute atomic E-state index is 0.00788. The van der Waals surface area contributed by atoms with Crippen molar-refractivity contribution in [2.45, 2.75) is 20.0 Å². The predicted octanol–water partition coefficient (Wildman–Crippen LogP) is 1.44. The van der Waals surface area contributed by atoms with E-state index in [9.17, 15) is 9.59 Å². The molecule has 2 rings (SSSR count). The fourth-order valence-electron chi connectivity index (χ4n) is 2.15. The molecule has 0 aliphatic carbocycles. The molecule has 0 saturated carbocycles. The molecule has 6 nitrogen and oxygen atoms in total. The van der Waals surface area contributed by atoms with Crippen LogP contribution in [-0.2, 0) is 7.05 Å². The van der Waals surface area contributed by atoms with Crippen molar-refractivity contribution < 1.29 is 9.53 Å². The molecule has 0 saturated heterocycles. The lowest BCUT2D eigenvalue weighted by Gasteiger charge is -2.12. The van der Waals surface area contributed by atoms with Crippen LogP contribution in [0, 0.1) is 0 Å². The van der Waals surface area contributed by atoms with Crippen LogP contribution >= 0.6 is 0 Å². The highest BCUT2D eigenvalue weighted by atomic mass is 16.5. The highest BCUT2D eigenvalue weighted by molar-refractivity contribution is 5.93. The molecule has 116 valence electrons. The number of nitrogen functional groups attached to an aromatic ring is 1. The molecule has 22 heavy (non-hydrogen) atoms. The molecule has 0 radical (unpaired) electrons. The highest BCUT2D eigenvalue weighted by Crippen LogP contribution is 2.22. The van der Waals surface area contributed by atoms with Crippen LogP contribution < -0.4 is 21.6 Å². The Hall–Kier alpha value is -2.60. The minimum atomic E-state index is -0.604. The van der Waals surface area contributed by atoms with Crippen LogP contribution in [0.2, 0.25) is 0 Å². The number of nitrogens with zero attached hydrogens (tertiary/aromatic N) is 1. The molecular formula is C16H19N3O3. The minimum Gasteiger partial charge on any atom is -0.491 e. The van der Waals surface area contributed by atoms with Gasteiger partial charge in [0.1, 0.15) is 11.3 Å². The van der Waals surface area contributed by atoms with Gasteiger partial charge in [0.15, 0.2) is 0 Å². The van der Waals surface area contributed by atoms with Crippen molar-refractivity contribution in [3.63, 3.8) is 0 Å². The van der Waals surface area contributed by atoms with Gasteiger partial charge in [0.25, 0.3) is 11.5 Å². The molecule has 0 unspecified atom stereocenters. The monoisotopic (exact) mass is 301 g/mol. The number of hydrogen-bond donors (Lipinski definition) is 2. The van der Waals surface area contributed by atoms with Crippen molar-refractivity contribution in [1.29, 1.82) is 0 Å². The quantitative estimate of drug-likeness (QED) is 0.508. The molecule has 1 aromatic heterocycles. The van der Waals surface area contributed by atoms with Gasteiger partial charge in [0.2, 0.25) is 0 Å². The third kappa shape index (κ3) is 3.17. The fraction of sp³-hybridized carbons (Fsp3) is 0.250. The lowest BCUT2D eigenvalue weighted by atomic mass is 10.1. The molecule has 0 spiro atoms. The van der Waals surface area contributed by atoms with Crippen LogP contribution in [0.15, 0.2) is 41.2 Å². The molecule has 2 aromatic rings. The second-order valence-electron chi connectivity index (χ2n) is 5.16. The van der Waals surface area contributed by atoms with Crippen molar-refractivity contribution in [1.82, 2.24) is 9.99 Å². The molecule has 0 fully saturated rings. The zero-order valence-electron chi connectivity index (χ0n) is 12.8. The van der Waals surface area contributed by atoms with Gasteiger partial charge in [-0.05, 0) is 55.8 Å². The number of hydrogen-bond acceptors (Lipinski definition) is 4. The van der Waals surface area contributed by atoms with Crippen LogP contribution in [0.3, 0.4) is 0 Å². The smallest absolute Gasteiger partial charge is 0.270 e. The van der Waals surface area contributed by atoms with E-state index in [1.807, 2.05) is 43.5 Å². The highest BCUT2D eigenvalue weighted by Gasteiger charge is 2.13.